The number of nitrogens with one attached hydrogen (secondary N) is 2. The molecule has 0 fully saturated rings. The molecule has 0 radical (unpaired) electrons. The van der Waals surface area contributed by atoms with Crippen molar-refractivity contribution in [3.05, 3.63) is 70.6 Å². The molecule has 0 saturated heterocycles. The SMILES string of the molecule is Cc1ccc2c(c1)N(N)Cc1[nH]c(CCc3ccc4c(c3)OCc3[nH]c(C)nc3-4)nc1-2. The summed E-state index contributed by atoms with van der Waals surface area (Å²) in [6.07, 6.45) is 1.70. The van der Waals surface area contributed by atoms with Gasteiger partial charge < -0.3 is 19.7 Å². The molecule has 2 aromatic heterocycles. The average molecular weight is 412 g/mol. The van der Waals surface area contributed by atoms with Gasteiger partial charge in [-0.05, 0) is 49.6 Å². The third-order valence-electron chi connectivity index (χ3n) is 6.09. The lowest BCUT2D eigenvalue weighted by atomic mass is 10.0. The second kappa shape index (κ2) is 6.72. The predicted molar refractivity (Wildman–Crippen MR) is 120 cm³/mol. The van der Waals surface area contributed by atoms with Crippen LogP contribution < -0.4 is 15.6 Å². The molecule has 0 spiro atoms. The maximum Gasteiger partial charge on any atom is 0.130 e. The second-order valence-corrected chi connectivity index (χ2v) is 8.43. The lowest BCUT2D eigenvalue weighted by Gasteiger charge is -2.26. The molecule has 2 aromatic carbocycles. The van der Waals surface area contributed by atoms with E-state index in [0.717, 1.165) is 69.8 Å². The van der Waals surface area contributed by atoms with Gasteiger partial charge in [0.2, 0.25) is 0 Å². The third-order valence-corrected chi connectivity index (χ3v) is 6.09. The minimum Gasteiger partial charge on any atom is -0.487 e. The van der Waals surface area contributed by atoms with Crippen molar-refractivity contribution in [2.45, 2.75) is 39.8 Å². The Morgan fingerprint density at radius 2 is 1.81 bits per heavy atom. The van der Waals surface area contributed by atoms with Gasteiger partial charge in [0.15, 0.2) is 0 Å². The minimum atomic E-state index is 0.534. The van der Waals surface area contributed by atoms with Gasteiger partial charge in [-0.2, -0.15) is 0 Å². The molecule has 4 heterocycles. The molecular formula is C24H24N6O. The number of aryl methyl sites for hydroxylation is 4. The third kappa shape index (κ3) is 3.00. The number of imidazole rings is 2. The Hall–Kier alpha value is -3.58. The van der Waals surface area contributed by atoms with Crippen molar-refractivity contribution in [3.63, 3.8) is 0 Å². The summed E-state index contributed by atoms with van der Waals surface area (Å²) < 4.78 is 5.97. The first-order valence-electron chi connectivity index (χ1n) is 10.6. The minimum absolute atomic E-state index is 0.534. The van der Waals surface area contributed by atoms with Crippen molar-refractivity contribution < 1.29 is 4.74 Å². The van der Waals surface area contributed by atoms with Gasteiger partial charge in [0.25, 0.3) is 0 Å². The molecule has 2 aliphatic rings. The number of aromatic nitrogens is 4. The molecule has 4 aromatic rings. The highest BCUT2D eigenvalue weighted by molar-refractivity contribution is 5.81. The quantitative estimate of drug-likeness (QED) is 0.443. The molecule has 0 aliphatic carbocycles. The van der Waals surface area contributed by atoms with Gasteiger partial charge in [0.05, 0.1) is 35.0 Å². The Balaban J connectivity index is 1.24. The number of hydrogen-bond donors (Lipinski definition) is 3. The molecule has 0 saturated carbocycles. The number of ether oxygens (including phenoxy) is 1. The van der Waals surface area contributed by atoms with Gasteiger partial charge in [0.1, 0.15) is 24.0 Å². The van der Waals surface area contributed by atoms with Gasteiger partial charge in [-0.1, -0.05) is 18.2 Å². The number of rotatable bonds is 3. The molecular weight excluding hydrogens is 388 g/mol. The largest absolute Gasteiger partial charge is 0.487 e. The number of benzene rings is 2. The fourth-order valence-corrected chi connectivity index (χ4v) is 4.57. The number of hydrogen-bond acceptors (Lipinski definition) is 5. The number of H-pyrrole nitrogens is 2. The zero-order valence-electron chi connectivity index (χ0n) is 17.6. The van der Waals surface area contributed by atoms with Gasteiger partial charge in [-0.25, -0.2) is 15.8 Å². The zero-order valence-corrected chi connectivity index (χ0v) is 17.6. The fourth-order valence-electron chi connectivity index (χ4n) is 4.57. The monoisotopic (exact) mass is 412 g/mol. The normalized spacial score (nSPS) is 13.8. The highest BCUT2D eigenvalue weighted by atomic mass is 16.5. The van der Waals surface area contributed by atoms with E-state index in [1.54, 1.807) is 5.01 Å². The predicted octanol–water partition coefficient (Wildman–Crippen LogP) is 3.95. The van der Waals surface area contributed by atoms with Crippen LogP contribution in [0, 0.1) is 13.8 Å². The van der Waals surface area contributed by atoms with Crippen LogP contribution in [0.1, 0.15) is 34.2 Å². The van der Waals surface area contributed by atoms with Gasteiger partial charge in [-0.15, -0.1) is 0 Å². The number of fused-ring (bicyclic) bond motifs is 6. The lowest BCUT2D eigenvalue weighted by molar-refractivity contribution is 0.297. The van der Waals surface area contributed by atoms with Crippen molar-refractivity contribution in [3.8, 4) is 28.3 Å². The Morgan fingerprint density at radius 3 is 2.71 bits per heavy atom. The van der Waals surface area contributed by atoms with Gasteiger partial charge in [0, 0.05) is 17.5 Å². The van der Waals surface area contributed by atoms with E-state index < -0.39 is 0 Å². The lowest BCUT2D eigenvalue weighted by Crippen LogP contribution is -2.33. The Labute approximate surface area is 180 Å². The molecule has 7 heteroatoms. The summed E-state index contributed by atoms with van der Waals surface area (Å²) >= 11 is 0. The summed E-state index contributed by atoms with van der Waals surface area (Å²) in [5, 5.41) is 1.79. The molecule has 0 unspecified atom stereocenters. The van der Waals surface area contributed by atoms with Crippen molar-refractivity contribution in [1.29, 1.82) is 0 Å². The fraction of sp³-hybridized carbons (Fsp3) is 0.250. The van der Waals surface area contributed by atoms with Gasteiger partial charge >= 0.3 is 0 Å². The summed E-state index contributed by atoms with van der Waals surface area (Å²) in [7, 11) is 0. The van der Waals surface area contributed by atoms with E-state index in [4.69, 9.17) is 15.6 Å². The summed E-state index contributed by atoms with van der Waals surface area (Å²) in [5.41, 5.74) is 9.73. The topological polar surface area (TPSA) is 95.8 Å². The van der Waals surface area contributed by atoms with Crippen molar-refractivity contribution >= 4 is 5.69 Å². The van der Waals surface area contributed by atoms with E-state index in [9.17, 15) is 0 Å². The smallest absolute Gasteiger partial charge is 0.130 e. The molecule has 2 aliphatic heterocycles. The van der Waals surface area contributed by atoms with E-state index in [-0.39, 0.29) is 0 Å². The van der Waals surface area contributed by atoms with Gasteiger partial charge in [-0.3, -0.25) is 0 Å². The van der Waals surface area contributed by atoms with Crippen molar-refractivity contribution in [1.82, 2.24) is 19.9 Å². The maximum absolute atomic E-state index is 6.27. The van der Waals surface area contributed by atoms with Crippen LogP contribution in [0.5, 0.6) is 5.75 Å². The maximum atomic E-state index is 6.27. The molecule has 156 valence electrons. The van der Waals surface area contributed by atoms with Crippen LogP contribution in [0.4, 0.5) is 5.69 Å². The molecule has 7 nitrogen and oxygen atoms in total. The molecule has 0 atom stereocenters. The van der Waals surface area contributed by atoms with Crippen LogP contribution in [0.25, 0.3) is 22.5 Å². The summed E-state index contributed by atoms with van der Waals surface area (Å²) in [4.78, 5) is 16.3. The van der Waals surface area contributed by atoms with E-state index in [1.807, 2.05) is 6.92 Å². The number of hydrazine groups is 1. The molecule has 4 N–H and O–H groups in total. The Morgan fingerprint density at radius 1 is 0.968 bits per heavy atom. The van der Waals surface area contributed by atoms with Crippen LogP contribution >= 0.6 is 0 Å². The summed E-state index contributed by atoms with van der Waals surface area (Å²) in [6.45, 7) is 5.22. The van der Waals surface area contributed by atoms with E-state index in [1.165, 1.54) is 11.1 Å². The van der Waals surface area contributed by atoms with Crippen LogP contribution in [0.3, 0.4) is 0 Å². The number of nitrogens with zero attached hydrogens (tertiary/aromatic N) is 3. The number of nitrogens with two attached hydrogens (primary N) is 1. The highest BCUT2D eigenvalue weighted by Gasteiger charge is 2.24. The summed E-state index contributed by atoms with van der Waals surface area (Å²) in [6, 6.07) is 12.7. The van der Waals surface area contributed by atoms with E-state index in [2.05, 4.69) is 58.3 Å². The van der Waals surface area contributed by atoms with Crippen LogP contribution in [-0.4, -0.2) is 19.9 Å². The zero-order chi connectivity index (χ0) is 21.1. The Kier molecular flexibility index (Phi) is 3.94. The first kappa shape index (κ1) is 18.2. The standard InChI is InChI=1S/C24H24N6O/c1-13-3-6-16-20(9-13)30(25)11-18-23(16)29-22(28-18)8-5-15-4-7-17-21(10-15)31-12-19-24(17)27-14(2)26-19/h3-4,6-7,9-10H,5,8,11-12,25H2,1-2H3,(H,26,27)(H,28,29). The number of aromatic amines is 2. The Bertz CT molecular complexity index is 1320. The summed E-state index contributed by atoms with van der Waals surface area (Å²) in [5.74, 6) is 9.07. The second-order valence-electron chi connectivity index (χ2n) is 8.43. The molecule has 6 rings (SSSR count). The van der Waals surface area contributed by atoms with Crippen molar-refractivity contribution in [2.24, 2.45) is 5.84 Å². The molecule has 0 amide bonds. The van der Waals surface area contributed by atoms with Crippen LogP contribution in [-0.2, 0) is 26.0 Å². The first-order valence-corrected chi connectivity index (χ1v) is 10.6. The van der Waals surface area contributed by atoms with E-state index >= 15 is 0 Å². The first-order chi connectivity index (χ1) is 15.0. The van der Waals surface area contributed by atoms with Crippen LogP contribution in [0.15, 0.2) is 36.4 Å². The average Bonchev–Trinajstić information content (AvgIpc) is 3.34. The van der Waals surface area contributed by atoms with Crippen molar-refractivity contribution in [2.75, 3.05) is 5.01 Å². The molecule has 31 heavy (non-hydrogen) atoms. The highest BCUT2D eigenvalue weighted by Crippen LogP contribution is 2.38. The molecule has 0 bridgehead atoms. The van der Waals surface area contributed by atoms with Crippen LogP contribution in [0.2, 0.25) is 0 Å². The van der Waals surface area contributed by atoms with E-state index in [0.29, 0.717) is 13.2 Å². The number of anilines is 1.